The highest BCUT2D eigenvalue weighted by atomic mass is 16.5. The Morgan fingerprint density at radius 3 is 2.71 bits per heavy atom. The number of fused-ring (bicyclic) bond motifs is 1. The third kappa shape index (κ3) is 3.42. The molecule has 0 aliphatic carbocycles. The zero-order valence-corrected chi connectivity index (χ0v) is 12.3. The lowest BCUT2D eigenvalue weighted by Crippen LogP contribution is -2.12. The van der Waals surface area contributed by atoms with Gasteiger partial charge in [-0.05, 0) is 25.5 Å². The van der Waals surface area contributed by atoms with E-state index < -0.39 is 0 Å². The van der Waals surface area contributed by atoms with Crippen LogP contribution in [-0.2, 0) is 20.8 Å². The maximum absolute atomic E-state index is 11.9. The summed E-state index contributed by atoms with van der Waals surface area (Å²) in [5, 5.41) is 0.981. The van der Waals surface area contributed by atoms with Gasteiger partial charge < -0.3 is 14.0 Å². The van der Waals surface area contributed by atoms with Gasteiger partial charge in [0, 0.05) is 23.9 Å². The van der Waals surface area contributed by atoms with Gasteiger partial charge in [0.1, 0.15) is 5.69 Å². The number of ether oxygens (including phenoxy) is 2. The quantitative estimate of drug-likeness (QED) is 0.767. The van der Waals surface area contributed by atoms with Crippen molar-refractivity contribution in [2.45, 2.75) is 26.3 Å². The average molecular weight is 289 g/mol. The van der Waals surface area contributed by atoms with E-state index in [4.69, 9.17) is 9.47 Å². The minimum absolute atomic E-state index is 0.214. The van der Waals surface area contributed by atoms with Crippen molar-refractivity contribution in [2.75, 3.05) is 13.7 Å². The molecule has 0 radical (unpaired) electrons. The third-order valence-corrected chi connectivity index (χ3v) is 3.27. The number of aromatic nitrogens is 1. The molecule has 0 aliphatic rings. The molecule has 0 unspecified atom stereocenters. The zero-order valence-electron chi connectivity index (χ0n) is 12.3. The molecule has 2 aromatic rings. The van der Waals surface area contributed by atoms with Crippen molar-refractivity contribution in [2.24, 2.45) is 0 Å². The van der Waals surface area contributed by atoms with Gasteiger partial charge in [-0.1, -0.05) is 18.2 Å². The molecule has 1 aromatic carbocycles. The number of carbonyl (C=O) groups is 2. The van der Waals surface area contributed by atoms with Crippen LogP contribution in [0.2, 0.25) is 0 Å². The Bertz CT molecular complexity index is 645. The highest BCUT2D eigenvalue weighted by Gasteiger charge is 2.15. The average Bonchev–Trinajstić information content (AvgIpc) is 2.86. The number of carbonyl (C=O) groups excluding carboxylic acids is 2. The van der Waals surface area contributed by atoms with Gasteiger partial charge in [0.25, 0.3) is 0 Å². The fourth-order valence-electron chi connectivity index (χ4n) is 2.34. The van der Waals surface area contributed by atoms with Crippen LogP contribution >= 0.6 is 0 Å². The molecule has 5 nitrogen and oxygen atoms in total. The summed E-state index contributed by atoms with van der Waals surface area (Å²) in [5.74, 6) is -0.587. The molecule has 0 atom stereocenters. The number of hydrogen-bond donors (Lipinski definition) is 0. The molecule has 112 valence electrons. The SMILES string of the molecule is CCOC(=O)CCCn1c(C(=O)OC)cc2ccccc21. The standard InChI is InChI=1S/C16H19NO4/c1-3-21-15(18)9-6-10-17-13-8-5-4-7-12(13)11-14(17)16(19)20-2/h4-5,7-8,11H,3,6,9-10H2,1-2H3. The number of aryl methyl sites for hydroxylation is 1. The first-order chi connectivity index (χ1) is 10.2. The summed E-state index contributed by atoms with van der Waals surface area (Å²) in [5.41, 5.74) is 1.46. The number of esters is 2. The van der Waals surface area contributed by atoms with Crippen LogP contribution in [0.4, 0.5) is 0 Å². The van der Waals surface area contributed by atoms with E-state index in [0.29, 0.717) is 31.7 Å². The van der Waals surface area contributed by atoms with Gasteiger partial charge in [0.15, 0.2) is 0 Å². The molecule has 2 rings (SSSR count). The van der Waals surface area contributed by atoms with E-state index in [0.717, 1.165) is 10.9 Å². The second-order valence-corrected chi connectivity index (χ2v) is 4.64. The number of benzene rings is 1. The van der Waals surface area contributed by atoms with Gasteiger partial charge in [-0.15, -0.1) is 0 Å². The Morgan fingerprint density at radius 2 is 2.00 bits per heavy atom. The van der Waals surface area contributed by atoms with Gasteiger partial charge in [-0.3, -0.25) is 4.79 Å². The number of rotatable bonds is 6. The van der Waals surface area contributed by atoms with Crippen molar-refractivity contribution in [3.63, 3.8) is 0 Å². The largest absolute Gasteiger partial charge is 0.466 e. The molecule has 1 heterocycles. The molecule has 0 amide bonds. The monoisotopic (exact) mass is 289 g/mol. The van der Waals surface area contributed by atoms with E-state index in [2.05, 4.69) is 0 Å². The van der Waals surface area contributed by atoms with Gasteiger partial charge in [-0.25, -0.2) is 4.79 Å². The van der Waals surface area contributed by atoms with Gasteiger partial charge >= 0.3 is 11.9 Å². The zero-order chi connectivity index (χ0) is 15.2. The summed E-state index contributed by atoms with van der Waals surface area (Å²) in [4.78, 5) is 23.3. The summed E-state index contributed by atoms with van der Waals surface area (Å²) in [6.45, 7) is 2.74. The van der Waals surface area contributed by atoms with E-state index in [1.54, 1.807) is 6.92 Å². The smallest absolute Gasteiger partial charge is 0.354 e. The Balaban J connectivity index is 2.20. The van der Waals surface area contributed by atoms with Crippen LogP contribution in [0.5, 0.6) is 0 Å². The van der Waals surface area contributed by atoms with Crippen LogP contribution in [0.1, 0.15) is 30.3 Å². The lowest BCUT2D eigenvalue weighted by molar-refractivity contribution is -0.143. The first kappa shape index (κ1) is 15.1. The van der Waals surface area contributed by atoms with E-state index >= 15 is 0 Å². The normalized spacial score (nSPS) is 10.6. The van der Waals surface area contributed by atoms with Crippen molar-refractivity contribution in [3.05, 3.63) is 36.0 Å². The molecule has 21 heavy (non-hydrogen) atoms. The van der Waals surface area contributed by atoms with Crippen LogP contribution in [0.25, 0.3) is 10.9 Å². The Kier molecular flexibility index (Phi) is 4.98. The Morgan fingerprint density at radius 1 is 1.24 bits per heavy atom. The maximum Gasteiger partial charge on any atom is 0.354 e. The second-order valence-electron chi connectivity index (χ2n) is 4.64. The van der Waals surface area contributed by atoms with Gasteiger partial charge in [0.2, 0.25) is 0 Å². The molecule has 0 fully saturated rings. The first-order valence-electron chi connectivity index (χ1n) is 6.99. The highest BCUT2D eigenvalue weighted by Crippen LogP contribution is 2.21. The summed E-state index contributed by atoms with van der Waals surface area (Å²) >= 11 is 0. The highest BCUT2D eigenvalue weighted by molar-refractivity contribution is 5.95. The summed E-state index contributed by atoms with van der Waals surface area (Å²) < 4.78 is 11.6. The first-order valence-corrected chi connectivity index (χ1v) is 6.99. The van der Waals surface area contributed by atoms with E-state index in [-0.39, 0.29) is 11.9 Å². The van der Waals surface area contributed by atoms with E-state index in [9.17, 15) is 9.59 Å². The predicted octanol–water partition coefficient (Wildman–Crippen LogP) is 2.77. The molecule has 0 saturated heterocycles. The minimum Gasteiger partial charge on any atom is -0.466 e. The lowest BCUT2D eigenvalue weighted by atomic mass is 10.2. The van der Waals surface area contributed by atoms with Crippen LogP contribution < -0.4 is 0 Å². The van der Waals surface area contributed by atoms with Crippen molar-refractivity contribution in [1.29, 1.82) is 0 Å². The van der Waals surface area contributed by atoms with Crippen molar-refractivity contribution in [1.82, 2.24) is 4.57 Å². The van der Waals surface area contributed by atoms with Crippen LogP contribution in [-0.4, -0.2) is 30.2 Å². The molecular weight excluding hydrogens is 270 g/mol. The van der Waals surface area contributed by atoms with Crippen LogP contribution in [0, 0.1) is 0 Å². The molecule has 5 heteroatoms. The lowest BCUT2D eigenvalue weighted by Gasteiger charge is -2.09. The topological polar surface area (TPSA) is 57.5 Å². The minimum atomic E-state index is -0.373. The van der Waals surface area contributed by atoms with Gasteiger partial charge in [0.05, 0.1) is 13.7 Å². The summed E-state index contributed by atoms with van der Waals surface area (Å²) in [7, 11) is 1.36. The summed E-state index contributed by atoms with van der Waals surface area (Å²) in [6, 6.07) is 9.55. The number of methoxy groups -OCH3 is 1. The second kappa shape index (κ2) is 6.92. The fourth-order valence-corrected chi connectivity index (χ4v) is 2.34. The van der Waals surface area contributed by atoms with E-state index in [1.807, 2.05) is 34.9 Å². The number of para-hydroxylation sites is 1. The molecule has 0 N–H and O–H groups in total. The van der Waals surface area contributed by atoms with Crippen LogP contribution in [0.3, 0.4) is 0 Å². The molecule has 0 aliphatic heterocycles. The fraction of sp³-hybridized carbons (Fsp3) is 0.375. The summed E-state index contributed by atoms with van der Waals surface area (Å²) in [6.07, 6.45) is 0.947. The van der Waals surface area contributed by atoms with Crippen LogP contribution in [0.15, 0.2) is 30.3 Å². The number of hydrogen-bond acceptors (Lipinski definition) is 4. The van der Waals surface area contributed by atoms with Crippen molar-refractivity contribution in [3.8, 4) is 0 Å². The van der Waals surface area contributed by atoms with Gasteiger partial charge in [-0.2, -0.15) is 0 Å². The number of nitrogens with zero attached hydrogens (tertiary/aromatic N) is 1. The Labute approximate surface area is 123 Å². The van der Waals surface area contributed by atoms with Crippen molar-refractivity contribution >= 4 is 22.8 Å². The maximum atomic E-state index is 11.9. The molecule has 0 spiro atoms. The molecule has 1 aromatic heterocycles. The third-order valence-electron chi connectivity index (χ3n) is 3.27. The van der Waals surface area contributed by atoms with E-state index in [1.165, 1.54) is 7.11 Å². The molecular formula is C16H19NO4. The molecule has 0 saturated carbocycles. The predicted molar refractivity (Wildman–Crippen MR) is 79.1 cm³/mol. The Hall–Kier alpha value is -2.30. The molecule has 0 bridgehead atoms. The van der Waals surface area contributed by atoms with Crippen molar-refractivity contribution < 1.29 is 19.1 Å².